The van der Waals surface area contributed by atoms with Gasteiger partial charge in [0.2, 0.25) is 5.43 Å². The summed E-state index contributed by atoms with van der Waals surface area (Å²) in [6.45, 7) is 2.98. The minimum absolute atomic E-state index is 0.212. The number of unbranched alkanes of at least 4 members (excludes halogenated alkanes) is 3. The zero-order valence-corrected chi connectivity index (χ0v) is 15.9. The fourth-order valence-corrected chi connectivity index (χ4v) is 3.30. The number of aromatic nitrogens is 1. The Bertz CT molecular complexity index is 987. The van der Waals surface area contributed by atoms with Gasteiger partial charge in [0, 0.05) is 23.7 Å². The van der Waals surface area contributed by atoms with Crippen molar-refractivity contribution in [2.24, 2.45) is 0 Å². The number of ketones is 1. The predicted octanol–water partition coefficient (Wildman–Crippen LogP) is 4.82. The minimum atomic E-state index is -0.254. The molecule has 4 heteroatoms. The van der Waals surface area contributed by atoms with Gasteiger partial charge in [-0.3, -0.25) is 9.59 Å². The lowest BCUT2D eigenvalue weighted by atomic mass is 10.0. The quantitative estimate of drug-likeness (QED) is 0.426. The maximum atomic E-state index is 13.0. The monoisotopic (exact) mass is 363 g/mol. The summed E-state index contributed by atoms with van der Waals surface area (Å²) in [5.74, 6) is 0.425. The van der Waals surface area contributed by atoms with Crippen LogP contribution in [0.2, 0.25) is 0 Å². The Morgan fingerprint density at radius 1 is 1.00 bits per heavy atom. The molecule has 0 aliphatic rings. The number of pyridine rings is 1. The van der Waals surface area contributed by atoms with Crippen LogP contribution in [0.4, 0.5) is 0 Å². The van der Waals surface area contributed by atoms with Gasteiger partial charge >= 0.3 is 0 Å². The second-order valence-electron chi connectivity index (χ2n) is 6.70. The Balaban J connectivity index is 2.02. The summed E-state index contributed by atoms with van der Waals surface area (Å²) in [4.78, 5) is 25.9. The van der Waals surface area contributed by atoms with Crippen molar-refractivity contribution < 1.29 is 9.53 Å². The number of ether oxygens (including phenoxy) is 1. The SMILES string of the molecule is CCCCCCn1cc(C(=O)c2ccc(OC)cc2)c(=O)c2ccccc21. The zero-order chi connectivity index (χ0) is 19.2. The third kappa shape index (κ3) is 4.11. The molecule has 0 aliphatic carbocycles. The molecule has 0 bridgehead atoms. The number of fused-ring (bicyclic) bond motifs is 1. The topological polar surface area (TPSA) is 48.3 Å². The van der Waals surface area contributed by atoms with Crippen LogP contribution in [0.1, 0.15) is 48.5 Å². The fourth-order valence-electron chi connectivity index (χ4n) is 3.30. The smallest absolute Gasteiger partial charge is 0.200 e. The number of para-hydroxylation sites is 1. The van der Waals surface area contributed by atoms with E-state index < -0.39 is 0 Å². The summed E-state index contributed by atoms with van der Waals surface area (Å²) in [6, 6.07) is 14.4. The number of benzene rings is 2. The lowest BCUT2D eigenvalue weighted by Gasteiger charge is -2.13. The van der Waals surface area contributed by atoms with Crippen LogP contribution in [-0.4, -0.2) is 17.5 Å². The number of rotatable bonds is 8. The summed E-state index contributed by atoms with van der Waals surface area (Å²) < 4.78 is 7.19. The zero-order valence-electron chi connectivity index (χ0n) is 15.9. The van der Waals surface area contributed by atoms with Crippen LogP contribution >= 0.6 is 0 Å². The van der Waals surface area contributed by atoms with Crippen LogP contribution in [-0.2, 0) is 6.54 Å². The maximum absolute atomic E-state index is 13.0. The molecule has 3 rings (SSSR count). The third-order valence-electron chi connectivity index (χ3n) is 4.84. The number of aryl methyl sites for hydroxylation is 1. The van der Waals surface area contributed by atoms with Gasteiger partial charge in [-0.1, -0.05) is 38.3 Å². The summed E-state index contributed by atoms with van der Waals surface area (Å²) >= 11 is 0. The van der Waals surface area contributed by atoms with E-state index in [1.165, 1.54) is 12.8 Å². The number of nitrogens with zero attached hydrogens (tertiary/aromatic N) is 1. The van der Waals surface area contributed by atoms with Gasteiger partial charge in [-0.25, -0.2) is 0 Å². The van der Waals surface area contributed by atoms with Crippen molar-refractivity contribution in [1.82, 2.24) is 4.57 Å². The van der Waals surface area contributed by atoms with E-state index in [2.05, 4.69) is 6.92 Å². The van der Waals surface area contributed by atoms with Gasteiger partial charge in [0.1, 0.15) is 5.75 Å². The van der Waals surface area contributed by atoms with Gasteiger partial charge in [0.15, 0.2) is 5.78 Å². The lowest BCUT2D eigenvalue weighted by Crippen LogP contribution is -2.20. The van der Waals surface area contributed by atoms with Crippen molar-refractivity contribution in [3.05, 3.63) is 76.1 Å². The van der Waals surface area contributed by atoms with Crippen LogP contribution in [0.15, 0.2) is 59.5 Å². The van der Waals surface area contributed by atoms with E-state index in [9.17, 15) is 9.59 Å². The standard InChI is InChI=1S/C23H25NO3/c1-3-4-5-8-15-24-16-20(23(26)19-9-6-7-10-21(19)24)22(25)17-11-13-18(27-2)14-12-17/h6-7,9-14,16H,3-5,8,15H2,1-2H3. The highest BCUT2D eigenvalue weighted by molar-refractivity contribution is 6.10. The second kappa shape index (κ2) is 8.67. The molecule has 4 nitrogen and oxygen atoms in total. The number of carbonyl (C=O) groups is 1. The highest BCUT2D eigenvalue weighted by atomic mass is 16.5. The molecule has 0 fully saturated rings. The van der Waals surface area contributed by atoms with Crippen molar-refractivity contribution in [1.29, 1.82) is 0 Å². The van der Waals surface area contributed by atoms with Crippen LogP contribution in [0.25, 0.3) is 10.9 Å². The molecular formula is C23H25NO3. The van der Waals surface area contributed by atoms with Crippen molar-refractivity contribution in [3.8, 4) is 5.75 Å². The van der Waals surface area contributed by atoms with E-state index in [1.807, 2.05) is 22.8 Å². The molecule has 0 saturated carbocycles. The number of methoxy groups -OCH3 is 1. The molecule has 0 amide bonds. The fraction of sp³-hybridized carbons (Fsp3) is 0.304. The number of carbonyl (C=O) groups excluding carboxylic acids is 1. The Hall–Kier alpha value is -2.88. The van der Waals surface area contributed by atoms with Crippen LogP contribution in [0.3, 0.4) is 0 Å². The predicted molar refractivity (Wildman–Crippen MR) is 109 cm³/mol. The largest absolute Gasteiger partial charge is 0.497 e. The van der Waals surface area contributed by atoms with Gasteiger partial charge in [-0.15, -0.1) is 0 Å². The van der Waals surface area contributed by atoms with Crippen molar-refractivity contribution in [2.75, 3.05) is 7.11 Å². The van der Waals surface area contributed by atoms with Crippen molar-refractivity contribution in [2.45, 2.75) is 39.2 Å². The molecule has 0 saturated heterocycles. The number of hydrogen-bond donors (Lipinski definition) is 0. The Morgan fingerprint density at radius 3 is 2.44 bits per heavy atom. The Labute approximate surface area is 159 Å². The normalized spacial score (nSPS) is 10.9. The first kappa shape index (κ1) is 18.9. The van der Waals surface area contributed by atoms with Crippen molar-refractivity contribution in [3.63, 3.8) is 0 Å². The summed E-state index contributed by atoms with van der Waals surface area (Å²) in [6.07, 6.45) is 6.25. The Kier molecular flexibility index (Phi) is 6.07. The lowest BCUT2D eigenvalue weighted by molar-refractivity contribution is 0.103. The van der Waals surface area contributed by atoms with Crippen LogP contribution < -0.4 is 10.2 Å². The molecule has 140 valence electrons. The molecule has 0 radical (unpaired) electrons. The van der Waals surface area contributed by atoms with Gasteiger partial charge in [-0.2, -0.15) is 0 Å². The molecular weight excluding hydrogens is 338 g/mol. The minimum Gasteiger partial charge on any atom is -0.497 e. The van der Waals surface area contributed by atoms with Gasteiger partial charge in [0.25, 0.3) is 0 Å². The average Bonchev–Trinajstić information content (AvgIpc) is 2.72. The molecule has 0 unspecified atom stereocenters. The first-order valence-corrected chi connectivity index (χ1v) is 9.46. The molecule has 1 aromatic heterocycles. The Morgan fingerprint density at radius 2 is 1.74 bits per heavy atom. The molecule has 0 spiro atoms. The molecule has 0 aliphatic heterocycles. The summed E-state index contributed by atoms with van der Waals surface area (Å²) in [5.41, 5.74) is 1.37. The van der Waals surface area contributed by atoms with Gasteiger partial charge in [-0.05, 0) is 42.8 Å². The molecule has 2 aromatic carbocycles. The first-order valence-electron chi connectivity index (χ1n) is 9.46. The molecule has 0 atom stereocenters. The van der Waals surface area contributed by atoms with E-state index in [1.54, 1.807) is 43.6 Å². The molecule has 1 heterocycles. The highest BCUT2D eigenvalue weighted by Crippen LogP contribution is 2.17. The van der Waals surface area contributed by atoms with E-state index >= 15 is 0 Å². The van der Waals surface area contributed by atoms with E-state index in [4.69, 9.17) is 4.74 Å². The molecule has 3 aromatic rings. The van der Waals surface area contributed by atoms with E-state index in [0.29, 0.717) is 16.7 Å². The van der Waals surface area contributed by atoms with E-state index in [0.717, 1.165) is 24.9 Å². The summed E-state index contributed by atoms with van der Waals surface area (Å²) in [7, 11) is 1.58. The second-order valence-corrected chi connectivity index (χ2v) is 6.70. The van der Waals surface area contributed by atoms with Crippen LogP contribution in [0.5, 0.6) is 5.75 Å². The van der Waals surface area contributed by atoms with Gasteiger partial charge < -0.3 is 9.30 Å². The molecule has 0 N–H and O–H groups in total. The van der Waals surface area contributed by atoms with Gasteiger partial charge in [0.05, 0.1) is 18.2 Å². The van der Waals surface area contributed by atoms with Crippen LogP contribution in [0, 0.1) is 0 Å². The van der Waals surface area contributed by atoms with Crippen molar-refractivity contribution >= 4 is 16.7 Å². The summed E-state index contributed by atoms with van der Waals surface area (Å²) in [5, 5.41) is 0.590. The molecule has 27 heavy (non-hydrogen) atoms. The van der Waals surface area contributed by atoms with E-state index in [-0.39, 0.29) is 16.8 Å². The first-order chi connectivity index (χ1) is 13.2. The average molecular weight is 363 g/mol. The maximum Gasteiger partial charge on any atom is 0.200 e. The highest BCUT2D eigenvalue weighted by Gasteiger charge is 2.17. The number of hydrogen-bond acceptors (Lipinski definition) is 3. The third-order valence-corrected chi connectivity index (χ3v) is 4.84.